The first-order valence-electron chi connectivity index (χ1n) is 11.7. The van der Waals surface area contributed by atoms with Crippen molar-refractivity contribution in [1.82, 2.24) is 4.98 Å². The van der Waals surface area contributed by atoms with Crippen LogP contribution < -0.4 is 5.32 Å². The Balaban J connectivity index is 1.58. The molecule has 6 heteroatoms. The molecule has 5 rings (SSSR count). The van der Waals surface area contributed by atoms with E-state index in [9.17, 15) is 9.59 Å². The summed E-state index contributed by atoms with van der Waals surface area (Å²) in [6.45, 7) is 4.04. The van der Waals surface area contributed by atoms with Crippen molar-refractivity contribution in [2.45, 2.75) is 13.8 Å². The van der Waals surface area contributed by atoms with Crippen LogP contribution in [0, 0.1) is 6.92 Å². The molecule has 0 aliphatic rings. The molecule has 2 heterocycles. The molecule has 0 spiro atoms. The van der Waals surface area contributed by atoms with Crippen LogP contribution in [0.25, 0.3) is 33.3 Å². The average Bonchev–Trinajstić information content (AvgIpc) is 3.32. The Bertz CT molecular complexity index is 1560. The fourth-order valence-electron chi connectivity index (χ4n) is 4.09. The largest absolute Gasteiger partial charge is 0.462 e. The third-order valence-electron chi connectivity index (χ3n) is 5.89. The van der Waals surface area contributed by atoms with E-state index in [0.717, 1.165) is 33.2 Å². The van der Waals surface area contributed by atoms with Crippen LogP contribution in [-0.4, -0.2) is 23.5 Å². The minimum absolute atomic E-state index is 0.241. The number of anilines is 1. The lowest BCUT2D eigenvalue weighted by molar-refractivity contribution is 0.0529. The summed E-state index contributed by atoms with van der Waals surface area (Å²) in [5.41, 5.74) is 5.97. The molecule has 0 aliphatic heterocycles. The summed E-state index contributed by atoms with van der Waals surface area (Å²) in [6, 6.07) is 27.0. The highest BCUT2D eigenvalue weighted by Gasteiger charge is 2.24. The number of rotatable bonds is 6. The standard InChI is InChI=1S/C30H24N2O3S/c1-3-35-30(34)27-24(20-9-5-4-6-10-20)18-36-29(27)32-28(33)23-17-26(21-15-13-19(2)14-16-21)31-25-12-8-7-11-22(23)25/h4-18H,3H2,1-2H3,(H,32,33). The number of aryl methyl sites for hydroxylation is 1. The number of pyridine rings is 1. The van der Waals surface area contributed by atoms with Crippen LogP contribution in [0.5, 0.6) is 0 Å². The number of para-hydroxylation sites is 1. The van der Waals surface area contributed by atoms with Gasteiger partial charge in [0.1, 0.15) is 10.6 Å². The number of hydrogen-bond acceptors (Lipinski definition) is 5. The van der Waals surface area contributed by atoms with Gasteiger partial charge < -0.3 is 10.1 Å². The Hall–Kier alpha value is -4.29. The fourth-order valence-corrected chi connectivity index (χ4v) is 5.04. The zero-order valence-corrected chi connectivity index (χ0v) is 20.8. The molecule has 2 aromatic heterocycles. The Morgan fingerprint density at radius 2 is 1.64 bits per heavy atom. The van der Waals surface area contributed by atoms with E-state index in [1.807, 2.05) is 91.2 Å². The Kier molecular flexibility index (Phi) is 6.60. The second kappa shape index (κ2) is 10.1. The first-order valence-corrected chi connectivity index (χ1v) is 12.6. The molecule has 1 amide bonds. The molecule has 0 atom stereocenters. The van der Waals surface area contributed by atoms with Crippen molar-refractivity contribution in [3.05, 3.63) is 107 Å². The van der Waals surface area contributed by atoms with E-state index in [4.69, 9.17) is 9.72 Å². The first-order chi connectivity index (χ1) is 17.5. The molecule has 0 aliphatic carbocycles. The number of nitrogens with one attached hydrogen (secondary N) is 1. The van der Waals surface area contributed by atoms with E-state index in [2.05, 4.69) is 5.32 Å². The Morgan fingerprint density at radius 3 is 2.39 bits per heavy atom. The predicted octanol–water partition coefficient (Wildman–Crippen LogP) is 7.37. The van der Waals surface area contributed by atoms with Gasteiger partial charge in [-0.3, -0.25) is 4.79 Å². The number of ether oxygens (including phenoxy) is 1. The van der Waals surface area contributed by atoms with Crippen LogP contribution in [0.15, 0.2) is 90.3 Å². The van der Waals surface area contributed by atoms with E-state index in [1.54, 1.807) is 13.0 Å². The number of hydrogen-bond donors (Lipinski definition) is 1. The number of thiophene rings is 1. The van der Waals surface area contributed by atoms with Gasteiger partial charge in [-0.2, -0.15) is 0 Å². The summed E-state index contributed by atoms with van der Waals surface area (Å²) in [5, 5.41) is 6.05. The lowest BCUT2D eigenvalue weighted by atomic mass is 10.0. The number of carbonyl (C=O) groups is 2. The molecule has 0 radical (unpaired) electrons. The maximum atomic E-state index is 13.7. The molecule has 3 aromatic carbocycles. The van der Waals surface area contributed by atoms with E-state index in [1.165, 1.54) is 11.3 Å². The van der Waals surface area contributed by atoms with Gasteiger partial charge in [0.15, 0.2) is 0 Å². The summed E-state index contributed by atoms with van der Waals surface area (Å²) in [6.07, 6.45) is 0. The number of aromatic nitrogens is 1. The number of fused-ring (bicyclic) bond motifs is 1. The topological polar surface area (TPSA) is 68.3 Å². The molecule has 36 heavy (non-hydrogen) atoms. The van der Waals surface area contributed by atoms with Crippen molar-refractivity contribution < 1.29 is 14.3 Å². The van der Waals surface area contributed by atoms with Crippen molar-refractivity contribution in [2.24, 2.45) is 0 Å². The van der Waals surface area contributed by atoms with Gasteiger partial charge in [0.25, 0.3) is 5.91 Å². The molecule has 0 saturated carbocycles. The van der Waals surface area contributed by atoms with Crippen molar-refractivity contribution in [3.8, 4) is 22.4 Å². The van der Waals surface area contributed by atoms with Gasteiger partial charge in [-0.05, 0) is 31.5 Å². The SMILES string of the molecule is CCOC(=O)c1c(-c2ccccc2)csc1NC(=O)c1cc(-c2ccc(C)cc2)nc2ccccc12. The van der Waals surface area contributed by atoms with Crippen molar-refractivity contribution in [1.29, 1.82) is 0 Å². The molecule has 5 nitrogen and oxygen atoms in total. The molecule has 0 saturated heterocycles. The van der Waals surface area contributed by atoms with E-state index >= 15 is 0 Å². The summed E-state index contributed by atoms with van der Waals surface area (Å²) in [7, 11) is 0. The molecular weight excluding hydrogens is 468 g/mol. The Labute approximate surface area is 213 Å². The zero-order chi connectivity index (χ0) is 25.1. The summed E-state index contributed by atoms with van der Waals surface area (Å²) in [5.74, 6) is -0.776. The number of benzene rings is 3. The summed E-state index contributed by atoms with van der Waals surface area (Å²) >= 11 is 1.31. The summed E-state index contributed by atoms with van der Waals surface area (Å²) in [4.78, 5) is 31.4. The maximum Gasteiger partial charge on any atom is 0.341 e. The van der Waals surface area contributed by atoms with Crippen LogP contribution in [0.3, 0.4) is 0 Å². The highest BCUT2D eigenvalue weighted by Crippen LogP contribution is 2.37. The van der Waals surface area contributed by atoms with Gasteiger partial charge in [-0.15, -0.1) is 11.3 Å². The number of esters is 1. The lowest BCUT2D eigenvalue weighted by Gasteiger charge is -2.12. The third-order valence-corrected chi connectivity index (χ3v) is 6.79. The maximum absolute atomic E-state index is 13.7. The van der Waals surface area contributed by atoms with E-state index < -0.39 is 5.97 Å². The van der Waals surface area contributed by atoms with Crippen molar-refractivity contribution in [2.75, 3.05) is 11.9 Å². The van der Waals surface area contributed by atoms with Crippen LogP contribution in [-0.2, 0) is 4.74 Å². The Morgan fingerprint density at radius 1 is 0.917 bits per heavy atom. The predicted molar refractivity (Wildman–Crippen MR) is 146 cm³/mol. The van der Waals surface area contributed by atoms with Crippen LogP contribution in [0.4, 0.5) is 5.00 Å². The third kappa shape index (κ3) is 4.63. The zero-order valence-electron chi connectivity index (χ0n) is 19.9. The van der Waals surface area contributed by atoms with Crippen LogP contribution in [0.2, 0.25) is 0 Å². The van der Waals surface area contributed by atoms with Crippen LogP contribution >= 0.6 is 11.3 Å². The number of nitrogens with zero attached hydrogens (tertiary/aromatic N) is 1. The van der Waals surface area contributed by atoms with E-state index in [-0.39, 0.29) is 12.5 Å². The molecule has 178 valence electrons. The number of carbonyl (C=O) groups excluding carboxylic acids is 2. The second-order valence-corrected chi connectivity index (χ2v) is 9.21. The molecule has 5 aromatic rings. The average molecular weight is 493 g/mol. The monoisotopic (exact) mass is 492 g/mol. The first kappa shape index (κ1) is 23.5. The minimum atomic E-state index is -0.465. The molecule has 1 N–H and O–H groups in total. The van der Waals surface area contributed by atoms with Gasteiger partial charge in [0, 0.05) is 21.9 Å². The van der Waals surface area contributed by atoms with Crippen LogP contribution in [0.1, 0.15) is 33.2 Å². The smallest absolute Gasteiger partial charge is 0.341 e. The minimum Gasteiger partial charge on any atom is -0.462 e. The lowest BCUT2D eigenvalue weighted by Crippen LogP contribution is -2.15. The highest BCUT2D eigenvalue weighted by molar-refractivity contribution is 7.15. The van der Waals surface area contributed by atoms with Crippen molar-refractivity contribution >= 4 is 39.1 Å². The quantitative estimate of drug-likeness (QED) is 0.251. The molecule has 0 fully saturated rings. The summed E-state index contributed by atoms with van der Waals surface area (Å²) < 4.78 is 5.34. The van der Waals surface area contributed by atoms with Crippen molar-refractivity contribution in [3.63, 3.8) is 0 Å². The molecular formula is C30H24N2O3S. The second-order valence-electron chi connectivity index (χ2n) is 8.33. The normalized spacial score (nSPS) is 10.8. The fraction of sp³-hybridized carbons (Fsp3) is 0.100. The van der Waals surface area contributed by atoms with Gasteiger partial charge in [-0.25, -0.2) is 9.78 Å². The van der Waals surface area contributed by atoms with Gasteiger partial charge >= 0.3 is 5.97 Å². The molecule has 0 bridgehead atoms. The highest BCUT2D eigenvalue weighted by atomic mass is 32.1. The van der Waals surface area contributed by atoms with Gasteiger partial charge in [-0.1, -0.05) is 78.4 Å². The van der Waals surface area contributed by atoms with Gasteiger partial charge in [0.05, 0.1) is 23.4 Å². The van der Waals surface area contributed by atoms with E-state index in [0.29, 0.717) is 21.8 Å². The molecule has 0 unspecified atom stereocenters. The van der Waals surface area contributed by atoms with Gasteiger partial charge in [0.2, 0.25) is 0 Å². The number of amides is 1.